The van der Waals surface area contributed by atoms with E-state index in [0.717, 1.165) is 28.4 Å². The van der Waals surface area contributed by atoms with E-state index in [1.807, 2.05) is 0 Å². The summed E-state index contributed by atoms with van der Waals surface area (Å²) in [7, 11) is -2.65. The Balaban J connectivity index is 1.84. The average Bonchev–Trinajstić information content (AvgIpc) is 3.20. The van der Waals surface area contributed by atoms with Crippen LogP contribution in [0.25, 0.3) is 10.9 Å². The summed E-state index contributed by atoms with van der Waals surface area (Å²) in [6.07, 6.45) is -3.80. The number of fused-ring (bicyclic) bond motifs is 1. The van der Waals surface area contributed by atoms with E-state index in [4.69, 9.17) is 16.3 Å². The molecule has 0 unspecified atom stereocenters. The predicted molar refractivity (Wildman–Crippen MR) is 127 cm³/mol. The second-order valence-corrected chi connectivity index (χ2v) is 10.1. The molecule has 4 rings (SSSR count). The molecular formula is C25H19ClF3NO4S. The van der Waals surface area contributed by atoms with Gasteiger partial charge in [0.25, 0.3) is 0 Å². The molecule has 4 aromatic rings. The molecule has 0 spiro atoms. The van der Waals surface area contributed by atoms with Crippen LogP contribution in [0.2, 0.25) is 5.02 Å². The Hall–Kier alpha value is -3.30. The van der Waals surface area contributed by atoms with Crippen molar-refractivity contribution in [2.45, 2.75) is 18.3 Å². The highest BCUT2D eigenvalue weighted by Gasteiger charge is 2.32. The first-order chi connectivity index (χ1) is 16.5. The number of rotatable bonds is 7. The van der Waals surface area contributed by atoms with E-state index in [1.54, 1.807) is 42.5 Å². The highest BCUT2D eigenvalue weighted by atomic mass is 35.5. The monoisotopic (exact) mass is 521 g/mol. The molecule has 0 aliphatic heterocycles. The van der Waals surface area contributed by atoms with E-state index in [9.17, 15) is 26.4 Å². The van der Waals surface area contributed by atoms with Gasteiger partial charge >= 0.3 is 6.18 Å². The predicted octanol–water partition coefficient (Wildman–Crippen LogP) is 6.13. The molecule has 10 heteroatoms. The molecule has 1 aromatic heterocycles. The zero-order valence-electron chi connectivity index (χ0n) is 18.3. The lowest BCUT2D eigenvalue weighted by atomic mass is 10.0. The number of hydrogen-bond acceptors (Lipinski definition) is 4. The Kier molecular flexibility index (Phi) is 6.66. The molecule has 0 atom stereocenters. The fourth-order valence-corrected chi connectivity index (χ4v) is 5.46. The molecule has 35 heavy (non-hydrogen) atoms. The first-order valence-corrected chi connectivity index (χ1v) is 12.3. The van der Waals surface area contributed by atoms with Gasteiger partial charge in [-0.3, -0.25) is 4.79 Å². The fourth-order valence-electron chi connectivity index (χ4n) is 3.82. The van der Waals surface area contributed by atoms with Crippen molar-refractivity contribution in [2.75, 3.05) is 7.11 Å². The van der Waals surface area contributed by atoms with Crippen LogP contribution in [0.4, 0.5) is 13.2 Å². The summed E-state index contributed by atoms with van der Waals surface area (Å²) in [5.74, 6) is -0.622. The zero-order chi connectivity index (χ0) is 25.4. The number of ketones is 1. The lowest BCUT2D eigenvalue weighted by Gasteiger charge is -2.09. The first kappa shape index (κ1) is 24.8. The molecule has 182 valence electrons. The SMILES string of the molecule is COc1cc(Cl)ccc1CC(=O)c1cn(S(=O)(=O)Cc2ccccc2)c2ccc(C(F)(F)F)cc12. The minimum atomic E-state index is -4.67. The highest BCUT2D eigenvalue weighted by Crippen LogP contribution is 2.35. The Morgan fingerprint density at radius 2 is 1.74 bits per heavy atom. The van der Waals surface area contributed by atoms with E-state index in [-0.39, 0.29) is 22.9 Å². The van der Waals surface area contributed by atoms with Gasteiger partial charge in [-0.1, -0.05) is 48.0 Å². The number of halogens is 4. The van der Waals surface area contributed by atoms with Crippen molar-refractivity contribution >= 4 is 38.3 Å². The third-order valence-electron chi connectivity index (χ3n) is 5.49. The van der Waals surface area contributed by atoms with Gasteiger partial charge in [-0.05, 0) is 35.9 Å². The minimum absolute atomic E-state index is 0.0136. The van der Waals surface area contributed by atoms with Crippen molar-refractivity contribution in [1.82, 2.24) is 3.97 Å². The number of methoxy groups -OCH3 is 1. The summed E-state index contributed by atoms with van der Waals surface area (Å²) in [6.45, 7) is 0. The lowest BCUT2D eigenvalue weighted by molar-refractivity contribution is -0.137. The number of carbonyl (C=O) groups is 1. The van der Waals surface area contributed by atoms with E-state index in [1.165, 1.54) is 13.2 Å². The molecular weight excluding hydrogens is 503 g/mol. The van der Waals surface area contributed by atoms with Crippen LogP contribution in [0.5, 0.6) is 5.75 Å². The maximum Gasteiger partial charge on any atom is 0.416 e. The van der Waals surface area contributed by atoms with Gasteiger partial charge in [0.2, 0.25) is 10.0 Å². The quantitative estimate of drug-likeness (QED) is 0.275. The van der Waals surface area contributed by atoms with Crippen molar-refractivity contribution in [3.05, 3.63) is 100 Å². The molecule has 0 radical (unpaired) electrons. The highest BCUT2D eigenvalue weighted by molar-refractivity contribution is 7.89. The third-order valence-corrected chi connectivity index (χ3v) is 7.32. The van der Waals surface area contributed by atoms with Crippen LogP contribution in [-0.2, 0) is 28.4 Å². The standard InChI is InChI=1S/C25H19ClF3NO4S/c1-34-24-13-19(26)9-7-17(24)11-23(31)21-14-30(35(32,33)15-16-5-3-2-4-6-16)22-10-8-18(12-20(21)22)25(27,28)29/h2-10,12-14H,11,15H2,1H3. The molecule has 0 amide bonds. The van der Waals surface area contributed by atoms with Gasteiger partial charge in [0.15, 0.2) is 5.78 Å². The molecule has 1 heterocycles. The summed E-state index contributed by atoms with van der Waals surface area (Å²) >= 11 is 5.97. The van der Waals surface area contributed by atoms with Gasteiger partial charge in [0.1, 0.15) is 5.75 Å². The van der Waals surface area contributed by atoms with Gasteiger partial charge in [0, 0.05) is 34.2 Å². The van der Waals surface area contributed by atoms with Crippen LogP contribution in [0.3, 0.4) is 0 Å². The molecule has 5 nitrogen and oxygen atoms in total. The van der Waals surface area contributed by atoms with E-state index in [2.05, 4.69) is 0 Å². The number of carbonyl (C=O) groups excluding carboxylic acids is 1. The summed E-state index contributed by atoms with van der Waals surface area (Å²) in [5, 5.41) is 0.283. The molecule has 0 N–H and O–H groups in total. The van der Waals surface area contributed by atoms with E-state index >= 15 is 0 Å². The van der Waals surface area contributed by atoms with Crippen LogP contribution < -0.4 is 4.74 Å². The fraction of sp³-hybridized carbons (Fsp3) is 0.160. The van der Waals surface area contributed by atoms with E-state index in [0.29, 0.717) is 21.9 Å². The number of aromatic nitrogens is 1. The molecule has 3 aromatic carbocycles. The van der Waals surface area contributed by atoms with Gasteiger partial charge < -0.3 is 4.74 Å². The van der Waals surface area contributed by atoms with Crippen LogP contribution in [0.15, 0.2) is 72.9 Å². The van der Waals surface area contributed by atoms with Crippen LogP contribution in [0.1, 0.15) is 27.0 Å². The zero-order valence-corrected chi connectivity index (χ0v) is 19.9. The summed E-state index contributed by atoms with van der Waals surface area (Å²) in [5.41, 5.74) is -0.177. The van der Waals surface area contributed by atoms with Gasteiger partial charge in [-0.15, -0.1) is 0 Å². The molecule has 0 saturated heterocycles. The van der Waals surface area contributed by atoms with Gasteiger partial charge in [-0.25, -0.2) is 12.4 Å². The minimum Gasteiger partial charge on any atom is -0.496 e. The van der Waals surface area contributed by atoms with Crippen molar-refractivity contribution < 1.29 is 31.1 Å². The summed E-state index contributed by atoms with van der Waals surface area (Å²) < 4.78 is 72.8. The number of ether oxygens (including phenoxy) is 1. The molecule has 0 fully saturated rings. The Morgan fingerprint density at radius 1 is 1.03 bits per heavy atom. The Labute approximate surface area is 204 Å². The number of Topliss-reactive ketones (excluding diaryl/α,β-unsaturated/α-hetero) is 1. The largest absolute Gasteiger partial charge is 0.496 e. The number of alkyl halides is 3. The van der Waals surface area contributed by atoms with Gasteiger partial charge in [0.05, 0.1) is 23.9 Å². The summed E-state index contributed by atoms with van der Waals surface area (Å²) in [4.78, 5) is 13.3. The Morgan fingerprint density at radius 3 is 2.40 bits per heavy atom. The van der Waals surface area contributed by atoms with Crippen LogP contribution in [0, 0.1) is 0 Å². The second-order valence-electron chi connectivity index (χ2n) is 7.87. The van der Waals surface area contributed by atoms with Gasteiger partial charge in [-0.2, -0.15) is 13.2 Å². The second kappa shape index (κ2) is 9.39. The van der Waals surface area contributed by atoms with Crippen molar-refractivity contribution in [1.29, 1.82) is 0 Å². The van der Waals surface area contributed by atoms with Crippen molar-refractivity contribution in [3.8, 4) is 5.75 Å². The molecule has 0 aliphatic rings. The number of benzene rings is 3. The molecule has 0 aliphatic carbocycles. The molecule has 0 saturated carbocycles. The maximum absolute atomic E-state index is 13.4. The average molecular weight is 522 g/mol. The molecule has 0 bridgehead atoms. The third kappa shape index (κ3) is 5.21. The number of nitrogens with zero attached hydrogens (tertiary/aromatic N) is 1. The lowest BCUT2D eigenvalue weighted by Crippen LogP contribution is -2.14. The van der Waals surface area contributed by atoms with Crippen LogP contribution in [-0.4, -0.2) is 25.3 Å². The van der Waals surface area contributed by atoms with Crippen LogP contribution >= 0.6 is 11.6 Å². The van der Waals surface area contributed by atoms with Crippen molar-refractivity contribution in [2.24, 2.45) is 0 Å². The Bertz CT molecular complexity index is 1510. The maximum atomic E-state index is 13.4. The first-order valence-electron chi connectivity index (χ1n) is 10.3. The van der Waals surface area contributed by atoms with Crippen molar-refractivity contribution in [3.63, 3.8) is 0 Å². The van der Waals surface area contributed by atoms with E-state index < -0.39 is 33.3 Å². The topological polar surface area (TPSA) is 65.4 Å². The smallest absolute Gasteiger partial charge is 0.416 e. The number of hydrogen-bond donors (Lipinski definition) is 0. The summed E-state index contributed by atoms with van der Waals surface area (Å²) in [6, 6.07) is 15.7. The normalized spacial score (nSPS) is 12.1.